The van der Waals surface area contributed by atoms with Gasteiger partial charge in [0.2, 0.25) is 20.0 Å². The molecule has 0 amide bonds. The van der Waals surface area contributed by atoms with Crippen LogP contribution in [0, 0.1) is 5.82 Å². The number of sulfonamides is 2. The quantitative estimate of drug-likeness (QED) is 0.798. The highest BCUT2D eigenvalue weighted by molar-refractivity contribution is 7.88. The Kier molecular flexibility index (Phi) is 5.21. The summed E-state index contributed by atoms with van der Waals surface area (Å²) in [5.41, 5.74) is 0.505. The van der Waals surface area contributed by atoms with Crippen molar-refractivity contribution in [2.24, 2.45) is 0 Å². The third-order valence-electron chi connectivity index (χ3n) is 3.54. The van der Waals surface area contributed by atoms with Gasteiger partial charge in [-0.15, -0.1) is 0 Å². The van der Waals surface area contributed by atoms with Crippen molar-refractivity contribution >= 4 is 20.0 Å². The summed E-state index contributed by atoms with van der Waals surface area (Å²) in [5.74, 6) is -0.633. The fourth-order valence-corrected chi connectivity index (χ4v) is 4.80. The Morgan fingerprint density at radius 1 is 0.955 bits per heavy atom. The van der Waals surface area contributed by atoms with Gasteiger partial charge in [0.15, 0.2) is 0 Å². The van der Waals surface area contributed by atoms with Crippen LogP contribution in [0.4, 0.5) is 4.39 Å². The molecular weight excluding hydrogens is 331 g/mol. The molecule has 1 aliphatic heterocycles. The SMILES string of the molecule is CS(=O)(=O)N1CCCN(S(=O)(=O)Cc2ccc(F)cc2)CC1. The normalized spacial score (nSPS) is 19.0. The van der Waals surface area contributed by atoms with Gasteiger partial charge in [-0.2, -0.15) is 0 Å². The monoisotopic (exact) mass is 350 g/mol. The van der Waals surface area contributed by atoms with E-state index in [4.69, 9.17) is 0 Å². The Morgan fingerprint density at radius 3 is 2.09 bits per heavy atom. The molecule has 0 bridgehead atoms. The van der Waals surface area contributed by atoms with Crippen LogP contribution in [0.3, 0.4) is 0 Å². The van der Waals surface area contributed by atoms with Crippen molar-refractivity contribution < 1.29 is 21.2 Å². The van der Waals surface area contributed by atoms with Gasteiger partial charge >= 0.3 is 0 Å². The zero-order valence-electron chi connectivity index (χ0n) is 12.3. The van der Waals surface area contributed by atoms with E-state index in [-0.39, 0.29) is 25.4 Å². The molecule has 1 aromatic carbocycles. The molecule has 0 spiro atoms. The smallest absolute Gasteiger partial charge is 0.213 e. The molecule has 6 nitrogen and oxygen atoms in total. The Hall–Kier alpha value is -1.03. The molecule has 0 N–H and O–H groups in total. The van der Waals surface area contributed by atoms with Crippen LogP contribution in [-0.4, -0.2) is 57.9 Å². The van der Waals surface area contributed by atoms with Crippen LogP contribution in [0.25, 0.3) is 0 Å². The van der Waals surface area contributed by atoms with Crippen LogP contribution >= 0.6 is 0 Å². The topological polar surface area (TPSA) is 74.8 Å². The zero-order valence-corrected chi connectivity index (χ0v) is 13.9. The number of halogens is 1. The van der Waals surface area contributed by atoms with E-state index in [1.807, 2.05) is 0 Å². The first kappa shape index (κ1) is 17.3. The summed E-state index contributed by atoms with van der Waals surface area (Å²) in [7, 11) is -6.86. The summed E-state index contributed by atoms with van der Waals surface area (Å²) in [6.07, 6.45) is 1.57. The maximum atomic E-state index is 12.9. The third-order valence-corrected chi connectivity index (χ3v) is 6.69. The molecule has 0 aromatic heterocycles. The van der Waals surface area contributed by atoms with Crippen LogP contribution in [0.15, 0.2) is 24.3 Å². The van der Waals surface area contributed by atoms with Gasteiger partial charge in [-0.05, 0) is 24.1 Å². The fraction of sp³-hybridized carbons (Fsp3) is 0.538. The zero-order chi connectivity index (χ0) is 16.4. The van der Waals surface area contributed by atoms with E-state index in [1.54, 1.807) is 0 Å². The third kappa shape index (κ3) is 4.48. The molecule has 0 aliphatic carbocycles. The standard InChI is InChI=1S/C13H19FN2O4S2/c1-21(17,18)15-7-2-8-16(10-9-15)22(19,20)11-12-3-5-13(14)6-4-12/h3-6H,2,7-11H2,1H3. The minimum Gasteiger partial charge on any atom is -0.213 e. The Bertz CT molecular complexity index is 717. The van der Waals surface area contributed by atoms with Gasteiger partial charge in [0.25, 0.3) is 0 Å². The summed E-state index contributed by atoms with van der Waals surface area (Å²) >= 11 is 0. The second-order valence-corrected chi connectivity index (χ2v) is 9.25. The highest BCUT2D eigenvalue weighted by Gasteiger charge is 2.28. The van der Waals surface area contributed by atoms with Crippen molar-refractivity contribution in [2.75, 3.05) is 32.4 Å². The van der Waals surface area contributed by atoms with E-state index in [9.17, 15) is 21.2 Å². The Morgan fingerprint density at radius 2 is 1.50 bits per heavy atom. The lowest BCUT2D eigenvalue weighted by atomic mass is 10.2. The largest absolute Gasteiger partial charge is 0.218 e. The molecule has 1 aromatic rings. The number of rotatable bonds is 4. The van der Waals surface area contributed by atoms with Crippen LogP contribution in [0.1, 0.15) is 12.0 Å². The molecule has 1 heterocycles. The van der Waals surface area contributed by atoms with Crippen LogP contribution in [-0.2, 0) is 25.8 Å². The average molecular weight is 350 g/mol. The van der Waals surface area contributed by atoms with Gasteiger partial charge < -0.3 is 0 Å². The summed E-state index contributed by atoms with van der Waals surface area (Å²) in [6.45, 7) is 0.898. The number of nitrogens with zero attached hydrogens (tertiary/aromatic N) is 2. The van der Waals surface area contributed by atoms with Gasteiger partial charge in [0, 0.05) is 26.2 Å². The van der Waals surface area contributed by atoms with Crippen LogP contribution in [0.2, 0.25) is 0 Å². The molecule has 0 atom stereocenters. The lowest BCUT2D eigenvalue weighted by Gasteiger charge is -2.20. The van der Waals surface area contributed by atoms with Gasteiger partial charge in [-0.25, -0.2) is 29.8 Å². The maximum absolute atomic E-state index is 12.9. The highest BCUT2D eigenvalue weighted by atomic mass is 32.2. The van der Waals surface area contributed by atoms with E-state index in [2.05, 4.69) is 0 Å². The number of hydrogen-bond acceptors (Lipinski definition) is 4. The average Bonchev–Trinajstić information content (AvgIpc) is 2.67. The van der Waals surface area contributed by atoms with Crippen LogP contribution in [0.5, 0.6) is 0 Å². The number of benzene rings is 1. The van der Waals surface area contributed by atoms with Crippen LogP contribution < -0.4 is 0 Å². The van der Waals surface area contributed by atoms with E-state index in [0.29, 0.717) is 18.5 Å². The Labute approximate surface area is 130 Å². The lowest BCUT2D eigenvalue weighted by molar-refractivity contribution is 0.406. The van der Waals surface area contributed by atoms with E-state index in [1.165, 1.54) is 32.9 Å². The molecule has 2 rings (SSSR count). The van der Waals surface area contributed by atoms with E-state index >= 15 is 0 Å². The molecule has 0 saturated carbocycles. The maximum Gasteiger partial charge on any atom is 0.218 e. The van der Waals surface area contributed by atoms with Crippen molar-refractivity contribution in [3.05, 3.63) is 35.6 Å². The van der Waals surface area contributed by atoms with E-state index in [0.717, 1.165) is 6.26 Å². The molecule has 0 unspecified atom stereocenters. The first-order valence-electron chi connectivity index (χ1n) is 6.86. The molecule has 124 valence electrons. The van der Waals surface area contributed by atoms with Gasteiger partial charge in [-0.1, -0.05) is 12.1 Å². The molecule has 1 saturated heterocycles. The molecule has 1 fully saturated rings. The molecule has 22 heavy (non-hydrogen) atoms. The summed E-state index contributed by atoms with van der Waals surface area (Å²) in [4.78, 5) is 0. The Balaban J connectivity index is 2.08. The van der Waals surface area contributed by atoms with Gasteiger partial charge in [0.05, 0.1) is 12.0 Å². The lowest BCUT2D eigenvalue weighted by Crippen LogP contribution is -2.37. The van der Waals surface area contributed by atoms with Crippen molar-refractivity contribution in [2.45, 2.75) is 12.2 Å². The first-order valence-corrected chi connectivity index (χ1v) is 10.3. The minimum absolute atomic E-state index is 0.136. The second-order valence-electron chi connectivity index (χ2n) is 5.30. The van der Waals surface area contributed by atoms with Gasteiger partial charge in [0.1, 0.15) is 5.82 Å². The van der Waals surface area contributed by atoms with Crippen molar-refractivity contribution in [1.29, 1.82) is 0 Å². The molecule has 1 aliphatic rings. The van der Waals surface area contributed by atoms with Crippen molar-refractivity contribution in [3.8, 4) is 0 Å². The summed E-state index contributed by atoms with van der Waals surface area (Å²) in [5, 5.41) is 0. The minimum atomic E-state index is -3.55. The fourth-order valence-electron chi connectivity index (χ4n) is 2.36. The highest BCUT2D eigenvalue weighted by Crippen LogP contribution is 2.15. The predicted octanol–water partition coefficient (Wildman–Crippen LogP) is 0.623. The summed E-state index contributed by atoms with van der Waals surface area (Å²) < 4.78 is 63.4. The summed E-state index contributed by atoms with van der Waals surface area (Å²) in [6, 6.07) is 5.32. The first-order chi connectivity index (χ1) is 10.2. The van der Waals surface area contributed by atoms with E-state index < -0.39 is 25.9 Å². The number of hydrogen-bond donors (Lipinski definition) is 0. The molecule has 9 heteroatoms. The van der Waals surface area contributed by atoms with Crippen molar-refractivity contribution in [1.82, 2.24) is 8.61 Å². The van der Waals surface area contributed by atoms with Crippen molar-refractivity contribution in [3.63, 3.8) is 0 Å². The molecular formula is C13H19FN2O4S2. The predicted molar refractivity (Wildman–Crippen MR) is 81.6 cm³/mol. The molecule has 0 radical (unpaired) electrons. The second kappa shape index (κ2) is 6.61. The van der Waals surface area contributed by atoms with Gasteiger partial charge in [-0.3, -0.25) is 0 Å².